The van der Waals surface area contributed by atoms with Crippen LogP contribution in [0.3, 0.4) is 0 Å². The van der Waals surface area contributed by atoms with E-state index in [2.05, 4.69) is 10.1 Å². The maximum Gasteiger partial charge on any atom is 0.337 e. The number of rotatable bonds is 7. The number of aromatic nitrogens is 4. The van der Waals surface area contributed by atoms with Crippen LogP contribution in [0.5, 0.6) is 0 Å². The van der Waals surface area contributed by atoms with Crippen LogP contribution in [-0.4, -0.2) is 45.5 Å². The number of fused-ring (bicyclic) bond motifs is 1. The quantitative estimate of drug-likeness (QED) is 0.297. The van der Waals surface area contributed by atoms with Gasteiger partial charge in [-0.1, -0.05) is 30.8 Å². The van der Waals surface area contributed by atoms with Crippen LogP contribution in [-0.2, 0) is 16.0 Å². The van der Waals surface area contributed by atoms with Crippen molar-refractivity contribution >= 4 is 28.6 Å². The zero-order valence-corrected chi connectivity index (χ0v) is 19.3. The predicted molar refractivity (Wildman–Crippen MR) is 119 cm³/mol. The average Bonchev–Trinajstić information content (AvgIpc) is 3.47. The van der Waals surface area contributed by atoms with E-state index in [1.807, 2.05) is 20.8 Å². The molecule has 32 heavy (non-hydrogen) atoms. The first-order chi connectivity index (χ1) is 15.4. The Morgan fingerprint density at radius 2 is 2.12 bits per heavy atom. The molecule has 1 aliphatic heterocycles. The molecular weight excluding hydrogens is 432 g/mol. The van der Waals surface area contributed by atoms with Crippen LogP contribution in [0.2, 0.25) is 0 Å². The van der Waals surface area contributed by atoms with Gasteiger partial charge >= 0.3 is 5.97 Å². The highest BCUT2D eigenvalue weighted by Crippen LogP contribution is 2.34. The van der Waals surface area contributed by atoms with E-state index in [0.29, 0.717) is 46.5 Å². The first kappa shape index (κ1) is 22.5. The second kappa shape index (κ2) is 9.41. The number of hydrogen-bond acceptors (Lipinski definition) is 9. The van der Waals surface area contributed by atoms with E-state index in [-0.39, 0.29) is 22.8 Å². The molecule has 2 atom stereocenters. The summed E-state index contributed by atoms with van der Waals surface area (Å²) in [7, 11) is 1.32. The summed E-state index contributed by atoms with van der Waals surface area (Å²) in [5, 5.41) is 4.76. The molecule has 0 bridgehead atoms. The number of hydrogen-bond donors (Lipinski definition) is 0. The first-order valence-electron chi connectivity index (χ1n) is 10.6. The fraction of sp³-hybridized carbons (Fsp3) is 0.500. The molecule has 0 spiro atoms. The Kier molecular flexibility index (Phi) is 6.61. The third-order valence-electron chi connectivity index (χ3n) is 5.36. The van der Waals surface area contributed by atoms with E-state index in [4.69, 9.17) is 19.0 Å². The van der Waals surface area contributed by atoms with Crippen LogP contribution in [0.4, 0.5) is 0 Å². The Hall–Kier alpha value is -2.72. The summed E-state index contributed by atoms with van der Waals surface area (Å²) in [6.45, 7) is 7.03. The van der Waals surface area contributed by atoms with E-state index in [9.17, 15) is 9.59 Å². The van der Waals surface area contributed by atoms with Crippen molar-refractivity contribution in [3.63, 3.8) is 0 Å². The maximum atomic E-state index is 13.4. The molecule has 0 saturated carbocycles. The van der Waals surface area contributed by atoms with Gasteiger partial charge in [0.25, 0.3) is 5.56 Å². The van der Waals surface area contributed by atoms with Gasteiger partial charge < -0.3 is 14.0 Å². The molecule has 3 heterocycles. The minimum absolute atomic E-state index is 0.0353. The second-order valence-electron chi connectivity index (χ2n) is 8.07. The summed E-state index contributed by atoms with van der Waals surface area (Å²) < 4.78 is 17.7. The standard InChI is InChI=1S/C22H26N4O5S/c1-12(2)18-24-19(31-25-18)13(3)32-22-23-17-10-14(21(28)29-4)7-8-16(17)20(27)26(22)11-15-6-5-9-30-15/h7-8,10,12-13,15H,5-6,9,11H2,1-4H3/t13-,15-/m0/s1. The molecule has 1 aliphatic rings. The van der Waals surface area contributed by atoms with Crippen LogP contribution in [0.15, 0.2) is 32.7 Å². The van der Waals surface area contributed by atoms with Gasteiger partial charge in [0.15, 0.2) is 11.0 Å². The summed E-state index contributed by atoms with van der Waals surface area (Å²) in [5.41, 5.74) is 0.598. The smallest absolute Gasteiger partial charge is 0.337 e. The van der Waals surface area contributed by atoms with E-state index in [0.717, 1.165) is 12.8 Å². The van der Waals surface area contributed by atoms with Gasteiger partial charge in [0.05, 0.1) is 41.5 Å². The van der Waals surface area contributed by atoms with Crippen molar-refractivity contribution in [3.05, 3.63) is 45.8 Å². The molecule has 0 radical (unpaired) electrons. The fourth-order valence-electron chi connectivity index (χ4n) is 3.54. The van der Waals surface area contributed by atoms with Crippen LogP contribution in [0, 0.1) is 0 Å². The summed E-state index contributed by atoms with van der Waals surface area (Å²) in [5.74, 6) is 0.781. The molecule has 4 rings (SSSR count). The van der Waals surface area contributed by atoms with Gasteiger partial charge in [0, 0.05) is 12.5 Å². The highest BCUT2D eigenvalue weighted by molar-refractivity contribution is 7.99. The van der Waals surface area contributed by atoms with Gasteiger partial charge in [-0.05, 0) is 38.0 Å². The molecule has 0 amide bonds. The summed E-state index contributed by atoms with van der Waals surface area (Å²) >= 11 is 1.36. The summed E-state index contributed by atoms with van der Waals surface area (Å²) in [6, 6.07) is 4.78. The summed E-state index contributed by atoms with van der Waals surface area (Å²) in [4.78, 5) is 34.6. The predicted octanol–water partition coefficient (Wildman–Crippen LogP) is 3.72. The molecule has 0 N–H and O–H groups in total. The van der Waals surface area contributed by atoms with E-state index >= 15 is 0 Å². The normalized spacial score (nSPS) is 17.2. The first-order valence-corrected chi connectivity index (χ1v) is 11.5. The van der Waals surface area contributed by atoms with Gasteiger partial charge in [0.1, 0.15) is 0 Å². The molecule has 3 aromatic rings. The molecule has 9 nitrogen and oxygen atoms in total. The van der Waals surface area contributed by atoms with Crippen molar-refractivity contribution in [2.45, 2.75) is 62.6 Å². The number of nitrogens with zero attached hydrogens (tertiary/aromatic N) is 4. The third kappa shape index (κ3) is 4.56. The average molecular weight is 459 g/mol. The second-order valence-corrected chi connectivity index (χ2v) is 9.38. The molecule has 2 aromatic heterocycles. The van der Waals surface area contributed by atoms with Crippen molar-refractivity contribution in [1.29, 1.82) is 0 Å². The van der Waals surface area contributed by atoms with Crippen molar-refractivity contribution in [3.8, 4) is 0 Å². The molecule has 10 heteroatoms. The molecular formula is C22H26N4O5S. The van der Waals surface area contributed by atoms with E-state index in [1.54, 1.807) is 22.8 Å². The summed E-state index contributed by atoms with van der Waals surface area (Å²) in [6.07, 6.45) is 1.83. The van der Waals surface area contributed by atoms with Crippen LogP contribution < -0.4 is 5.56 Å². The fourth-order valence-corrected chi connectivity index (χ4v) is 4.49. The zero-order valence-electron chi connectivity index (χ0n) is 18.5. The van der Waals surface area contributed by atoms with Crippen LogP contribution >= 0.6 is 11.8 Å². The topological polar surface area (TPSA) is 109 Å². The number of ether oxygens (including phenoxy) is 2. The Balaban J connectivity index is 1.75. The Labute approximate surface area is 189 Å². The van der Waals surface area contributed by atoms with Crippen molar-refractivity contribution < 1.29 is 18.8 Å². The number of carbonyl (C=O) groups is 1. The Morgan fingerprint density at radius 3 is 2.78 bits per heavy atom. The van der Waals surface area contributed by atoms with Crippen molar-refractivity contribution in [2.75, 3.05) is 13.7 Å². The molecule has 170 valence electrons. The lowest BCUT2D eigenvalue weighted by molar-refractivity contribution is 0.0601. The van der Waals surface area contributed by atoms with Gasteiger partial charge in [-0.3, -0.25) is 9.36 Å². The lowest BCUT2D eigenvalue weighted by Crippen LogP contribution is -2.29. The van der Waals surface area contributed by atoms with Gasteiger partial charge in [0.2, 0.25) is 5.89 Å². The number of thioether (sulfide) groups is 1. The Morgan fingerprint density at radius 1 is 1.31 bits per heavy atom. The van der Waals surface area contributed by atoms with E-state index < -0.39 is 5.97 Å². The SMILES string of the molecule is COC(=O)c1ccc2c(=O)n(C[C@@H]3CCCO3)c(S[C@@H](C)c3nc(C(C)C)no3)nc2c1. The number of carbonyl (C=O) groups excluding carboxylic acids is 1. The highest BCUT2D eigenvalue weighted by Gasteiger charge is 2.24. The minimum atomic E-state index is -0.480. The van der Waals surface area contributed by atoms with Gasteiger partial charge in [-0.25, -0.2) is 9.78 Å². The highest BCUT2D eigenvalue weighted by atomic mass is 32.2. The molecule has 1 saturated heterocycles. The zero-order chi connectivity index (χ0) is 22.8. The lowest BCUT2D eigenvalue weighted by Gasteiger charge is -2.17. The molecule has 1 fully saturated rings. The maximum absolute atomic E-state index is 13.4. The molecule has 0 unspecified atom stereocenters. The molecule has 0 aliphatic carbocycles. The van der Waals surface area contributed by atoms with Crippen LogP contribution in [0.1, 0.15) is 66.9 Å². The lowest BCUT2D eigenvalue weighted by atomic mass is 10.1. The monoisotopic (exact) mass is 458 g/mol. The molecule has 1 aromatic carbocycles. The Bertz CT molecular complexity index is 1180. The van der Waals surface area contributed by atoms with Gasteiger partial charge in [-0.2, -0.15) is 4.98 Å². The van der Waals surface area contributed by atoms with Crippen molar-refractivity contribution in [2.24, 2.45) is 0 Å². The number of methoxy groups -OCH3 is 1. The third-order valence-corrected chi connectivity index (χ3v) is 6.43. The largest absolute Gasteiger partial charge is 0.465 e. The van der Waals surface area contributed by atoms with E-state index in [1.165, 1.54) is 18.9 Å². The van der Waals surface area contributed by atoms with Crippen LogP contribution in [0.25, 0.3) is 10.9 Å². The number of esters is 1. The minimum Gasteiger partial charge on any atom is -0.465 e. The number of benzene rings is 1. The van der Waals surface area contributed by atoms with Gasteiger partial charge in [-0.15, -0.1) is 0 Å². The van der Waals surface area contributed by atoms with Crippen molar-refractivity contribution in [1.82, 2.24) is 19.7 Å².